The average Bonchev–Trinajstić information content (AvgIpc) is 3.04. The predicted molar refractivity (Wildman–Crippen MR) is 114 cm³/mol. The van der Waals surface area contributed by atoms with Crippen molar-refractivity contribution in [1.82, 2.24) is 19.1 Å². The summed E-state index contributed by atoms with van der Waals surface area (Å²) < 4.78 is 3.12. The fourth-order valence-electron chi connectivity index (χ4n) is 3.01. The molecule has 0 bridgehead atoms. The van der Waals surface area contributed by atoms with E-state index in [0.717, 1.165) is 11.3 Å². The van der Waals surface area contributed by atoms with Crippen LogP contribution >= 0.6 is 11.8 Å². The molecular weight excluding hydrogens is 390 g/mol. The molecule has 0 saturated heterocycles. The third kappa shape index (κ3) is 4.34. The summed E-state index contributed by atoms with van der Waals surface area (Å²) in [5.74, 6) is -0.438. The summed E-state index contributed by atoms with van der Waals surface area (Å²) in [6.45, 7) is 4.15. The predicted octanol–water partition coefficient (Wildman–Crippen LogP) is 2.15. The minimum absolute atomic E-state index is 0.0216. The van der Waals surface area contributed by atoms with Crippen molar-refractivity contribution in [2.75, 3.05) is 11.5 Å². The van der Waals surface area contributed by atoms with E-state index >= 15 is 0 Å². The summed E-state index contributed by atoms with van der Waals surface area (Å²) >= 11 is 1.21. The third-order valence-electron chi connectivity index (χ3n) is 4.41. The van der Waals surface area contributed by atoms with E-state index in [1.807, 2.05) is 55.8 Å². The fourth-order valence-corrected chi connectivity index (χ4v) is 3.83. The van der Waals surface area contributed by atoms with Crippen molar-refractivity contribution >= 4 is 23.4 Å². The molecule has 0 saturated carbocycles. The van der Waals surface area contributed by atoms with Gasteiger partial charge in [-0.2, -0.15) is 0 Å². The number of nitrogen functional groups attached to an aromatic ring is 1. The Balaban J connectivity index is 1.83. The second-order valence-corrected chi connectivity index (χ2v) is 8.03. The normalized spacial score (nSPS) is 11.2. The molecule has 3 N–H and O–H groups in total. The number of nitrogens with zero attached hydrogens (tertiary/aromatic N) is 3. The molecule has 0 atom stereocenters. The molecule has 0 radical (unpaired) electrons. The van der Waals surface area contributed by atoms with E-state index in [4.69, 9.17) is 5.73 Å². The number of nitrogens with two attached hydrogens (primary N) is 1. The van der Waals surface area contributed by atoms with Crippen LogP contribution in [0.2, 0.25) is 0 Å². The van der Waals surface area contributed by atoms with Crippen molar-refractivity contribution in [2.45, 2.75) is 25.5 Å². The van der Waals surface area contributed by atoms with E-state index in [0.29, 0.717) is 11.7 Å². The first-order valence-corrected chi connectivity index (χ1v) is 10.1. The van der Waals surface area contributed by atoms with E-state index in [1.54, 1.807) is 6.20 Å². The highest BCUT2D eigenvalue weighted by Crippen LogP contribution is 2.25. The van der Waals surface area contributed by atoms with Gasteiger partial charge in [-0.25, -0.2) is 9.78 Å². The standard InChI is InChI=1S/C20H23N5O3S/c1-12(2)10-25-17(21)16(18(27)23-19(25)28)15(26)11-29-20-22-9-14(24(20)3)13-7-5-4-6-8-13/h4-9,12H,10-11,21H2,1-3H3,(H,23,27,28). The van der Waals surface area contributed by atoms with E-state index in [9.17, 15) is 14.4 Å². The lowest BCUT2D eigenvalue weighted by Crippen LogP contribution is -2.37. The highest BCUT2D eigenvalue weighted by Gasteiger charge is 2.21. The number of carbonyl (C=O) groups excluding carboxylic acids is 1. The summed E-state index contributed by atoms with van der Waals surface area (Å²) in [6.07, 6.45) is 1.74. The van der Waals surface area contributed by atoms with Crippen LogP contribution in [-0.4, -0.2) is 30.6 Å². The van der Waals surface area contributed by atoms with Gasteiger partial charge in [-0.3, -0.25) is 19.1 Å². The number of imidazole rings is 1. The minimum atomic E-state index is -0.761. The SMILES string of the molecule is CC(C)Cn1c(N)c(C(=O)CSc2ncc(-c3ccccc3)n2C)c(=O)[nH]c1=O. The number of hydrogen-bond acceptors (Lipinski definition) is 6. The van der Waals surface area contributed by atoms with Crippen LogP contribution in [0.1, 0.15) is 24.2 Å². The van der Waals surface area contributed by atoms with Crippen molar-refractivity contribution in [3.8, 4) is 11.3 Å². The number of H-pyrrole nitrogens is 1. The largest absolute Gasteiger partial charge is 0.384 e. The van der Waals surface area contributed by atoms with Gasteiger partial charge in [0, 0.05) is 13.6 Å². The highest BCUT2D eigenvalue weighted by atomic mass is 32.2. The first-order chi connectivity index (χ1) is 13.8. The zero-order chi connectivity index (χ0) is 21.1. The van der Waals surface area contributed by atoms with Crippen molar-refractivity contribution < 1.29 is 4.79 Å². The van der Waals surface area contributed by atoms with Gasteiger partial charge < -0.3 is 10.3 Å². The molecule has 29 heavy (non-hydrogen) atoms. The summed E-state index contributed by atoms with van der Waals surface area (Å²) in [5.41, 5.74) is 6.39. The van der Waals surface area contributed by atoms with Gasteiger partial charge in [0.2, 0.25) is 0 Å². The van der Waals surface area contributed by atoms with Crippen LogP contribution in [0.25, 0.3) is 11.3 Å². The summed E-state index contributed by atoms with van der Waals surface area (Å²) in [7, 11) is 1.87. The number of thioether (sulfide) groups is 1. The van der Waals surface area contributed by atoms with Gasteiger partial charge in [0.1, 0.15) is 11.4 Å². The van der Waals surface area contributed by atoms with Gasteiger partial charge in [-0.15, -0.1) is 0 Å². The van der Waals surface area contributed by atoms with Crippen LogP contribution < -0.4 is 17.0 Å². The van der Waals surface area contributed by atoms with E-state index in [-0.39, 0.29) is 23.1 Å². The van der Waals surface area contributed by atoms with Crippen molar-refractivity contribution in [3.05, 3.63) is 62.9 Å². The number of carbonyl (C=O) groups is 1. The van der Waals surface area contributed by atoms with Gasteiger partial charge in [0.25, 0.3) is 5.56 Å². The quantitative estimate of drug-likeness (QED) is 0.453. The maximum absolute atomic E-state index is 12.7. The Labute approximate surface area is 171 Å². The first-order valence-electron chi connectivity index (χ1n) is 9.15. The maximum Gasteiger partial charge on any atom is 0.329 e. The number of hydrogen-bond donors (Lipinski definition) is 2. The molecular formula is C20H23N5O3S. The Morgan fingerprint density at radius 3 is 2.59 bits per heavy atom. The summed E-state index contributed by atoms with van der Waals surface area (Å²) in [6, 6.07) is 9.79. The second kappa shape index (κ2) is 8.52. The number of benzene rings is 1. The minimum Gasteiger partial charge on any atom is -0.384 e. The molecule has 0 aliphatic rings. The van der Waals surface area contributed by atoms with Gasteiger partial charge in [-0.05, 0) is 11.5 Å². The maximum atomic E-state index is 12.7. The van der Waals surface area contributed by atoms with Gasteiger partial charge in [-0.1, -0.05) is 55.9 Å². The molecule has 0 aliphatic carbocycles. The summed E-state index contributed by atoms with van der Waals surface area (Å²) in [5, 5.41) is 0.641. The second-order valence-electron chi connectivity index (χ2n) is 7.09. The number of Topliss-reactive ketones (excluding diaryl/α,β-unsaturated/α-hetero) is 1. The molecule has 2 heterocycles. The van der Waals surface area contributed by atoms with E-state index in [2.05, 4.69) is 9.97 Å². The Bertz CT molecular complexity index is 1150. The lowest BCUT2D eigenvalue weighted by molar-refractivity contribution is 0.102. The molecule has 3 aromatic rings. The van der Waals surface area contributed by atoms with Gasteiger partial charge >= 0.3 is 5.69 Å². The Hall–Kier alpha value is -3.07. The van der Waals surface area contributed by atoms with Gasteiger partial charge in [0.05, 0.1) is 17.6 Å². The fraction of sp³-hybridized carbons (Fsp3) is 0.300. The zero-order valence-corrected chi connectivity index (χ0v) is 17.3. The molecule has 9 heteroatoms. The molecule has 0 spiro atoms. The number of aromatic amines is 1. The van der Waals surface area contributed by atoms with Crippen LogP contribution in [0.3, 0.4) is 0 Å². The molecule has 0 aliphatic heterocycles. The van der Waals surface area contributed by atoms with Crippen molar-refractivity contribution in [2.24, 2.45) is 13.0 Å². The first kappa shape index (κ1) is 20.7. The van der Waals surface area contributed by atoms with Crippen molar-refractivity contribution in [1.29, 1.82) is 0 Å². The Kier molecular flexibility index (Phi) is 6.07. The molecule has 1 aromatic carbocycles. The molecule has 152 valence electrons. The van der Waals surface area contributed by atoms with Crippen LogP contribution in [-0.2, 0) is 13.6 Å². The lowest BCUT2D eigenvalue weighted by atomic mass is 10.2. The van der Waals surface area contributed by atoms with Crippen LogP contribution in [0.4, 0.5) is 5.82 Å². The van der Waals surface area contributed by atoms with E-state index in [1.165, 1.54) is 16.3 Å². The van der Waals surface area contributed by atoms with E-state index < -0.39 is 17.0 Å². The molecule has 0 fully saturated rings. The summed E-state index contributed by atoms with van der Waals surface area (Å²) in [4.78, 5) is 43.5. The number of nitrogens with one attached hydrogen (secondary N) is 1. The number of ketones is 1. The Morgan fingerprint density at radius 1 is 1.24 bits per heavy atom. The highest BCUT2D eigenvalue weighted by molar-refractivity contribution is 7.99. The van der Waals surface area contributed by atoms with Crippen molar-refractivity contribution in [3.63, 3.8) is 0 Å². The third-order valence-corrected chi connectivity index (χ3v) is 5.46. The van der Waals surface area contributed by atoms with Crippen LogP contribution in [0.5, 0.6) is 0 Å². The molecule has 3 rings (SSSR count). The lowest BCUT2D eigenvalue weighted by Gasteiger charge is -2.13. The van der Waals surface area contributed by atoms with Crippen LogP contribution in [0.15, 0.2) is 51.3 Å². The van der Waals surface area contributed by atoms with Crippen LogP contribution in [0, 0.1) is 5.92 Å². The molecule has 0 amide bonds. The zero-order valence-electron chi connectivity index (χ0n) is 16.5. The molecule has 2 aromatic heterocycles. The smallest absolute Gasteiger partial charge is 0.329 e. The average molecular weight is 414 g/mol. The molecule has 8 nitrogen and oxygen atoms in total. The number of rotatable bonds is 7. The van der Waals surface area contributed by atoms with Gasteiger partial charge in [0.15, 0.2) is 10.9 Å². The monoisotopic (exact) mass is 413 g/mol. The topological polar surface area (TPSA) is 116 Å². The number of aromatic nitrogens is 4. The Morgan fingerprint density at radius 2 is 1.93 bits per heavy atom. The molecule has 0 unspecified atom stereocenters. The number of anilines is 1.